The third-order valence-electron chi connectivity index (χ3n) is 3.20. The van der Waals surface area contributed by atoms with Crippen molar-refractivity contribution in [2.24, 2.45) is 10.9 Å². The van der Waals surface area contributed by atoms with Crippen LogP contribution in [-0.2, 0) is 20.3 Å². The Bertz CT molecular complexity index is 508. The highest BCUT2D eigenvalue weighted by molar-refractivity contribution is 8.05. The van der Waals surface area contributed by atoms with Crippen molar-refractivity contribution in [1.29, 1.82) is 0 Å². The summed E-state index contributed by atoms with van der Waals surface area (Å²) in [5, 5.41) is 0.445. The third kappa shape index (κ3) is 2.63. The van der Waals surface area contributed by atoms with Crippen molar-refractivity contribution >= 4 is 21.9 Å². The van der Waals surface area contributed by atoms with Gasteiger partial charge in [-0.2, -0.15) is 0 Å². The molecule has 0 saturated heterocycles. The standard InChI is InChI=1S/C13H18N2O3S/c1-4-9(3)10-6-7-15-8-11(12(16)18-5-2)19(17)13(15)14-10/h6,8-9H,4-5,7H2,1-3H3. The largest absolute Gasteiger partial charge is 0.462 e. The van der Waals surface area contributed by atoms with Crippen LogP contribution in [0, 0.1) is 5.92 Å². The predicted octanol–water partition coefficient (Wildman–Crippen LogP) is 1.75. The molecule has 0 fully saturated rings. The van der Waals surface area contributed by atoms with Crippen molar-refractivity contribution in [3.63, 3.8) is 0 Å². The summed E-state index contributed by atoms with van der Waals surface area (Å²) < 4.78 is 17.2. The lowest BCUT2D eigenvalue weighted by molar-refractivity contribution is -0.137. The van der Waals surface area contributed by atoms with E-state index in [0.29, 0.717) is 17.6 Å². The van der Waals surface area contributed by atoms with Gasteiger partial charge in [-0.1, -0.05) is 13.8 Å². The number of esters is 1. The van der Waals surface area contributed by atoms with Crippen LogP contribution in [0.4, 0.5) is 0 Å². The normalized spacial score (nSPS) is 23.2. The fourth-order valence-electron chi connectivity index (χ4n) is 1.89. The number of fused-ring (bicyclic) bond motifs is 1. The summed E-state index contributed by atoms with van der Waals surface area (Å²) in [6.07, 6.45) is 4.57. The van der Waals surface area contributed by atoms with E-state index in [2.05, 4.69) is 18.8 Å². The minimum absolute atomic E-state index is 0.180. The number of amidine groups is 1. The molecular formula is C13H18N2O3S. The molecule has 0 aliphatic carbocycles. The van der Waals surface area contributed by atoms with Crippen molar-refractivity contribution in [2.75, 3.05) is 13.2 Å². The maximum atomic E-state index is 12.3. The van der Waals surface area contributed by atoms with Crippen molar-refractivity contribution in [3.05, 3.63) is 22.9 Å². The maximum Gasteiger partial charge on any atom is 0.349 e. The van der Waals surface area contributed by atoms with Crippen molar-refractivity contribution < 1.29 is 13.7 Å². The summed E-state index contributed by atoms with van der Waals surface area (Å²) in [5.41, 5.74) is 0.945. The zero-order valence-electron chi connectivity index (χ0n) is 11.4. The number of aliphatic imine (C=N–C) groups is 1. The van der Waals surface area contributed by atoms with Gasteiger partial charge >= 0.3 is 5.97 Å². The van der Waals surface area contributed by atoms with Crippen LogP contribution in [0.3, 0.4) is 0 Å². The second-order valence-electron chi connectivity index (χ2n) is 4.47. The Morgan fingerprint density at radius 2 is 2.32 bits per heavy atom. The van der Waals surface area contributed by atoms with Gasteiger partial charge in [-0.05, 0) is 25.3 Å². The minimum atomic E-state index is -1.53. The third-order valence-corrected chi connectivity index (χ3v) is 4.53. The molecule has 104 valence electrons. The molecule has 0 aromatic rings. The molecule has 2 unspecified atom stereocenters. The molecule has 2 aliphatic heterocycles. The summed E-state index contributed by atoms with van der Waals surface area (Å²) in [7, 11) is -1.53. The van der Waals surface area contributed by atoms with Gasteiger partial charge in [0.2, 0.25) is 5.17 Å². The number of nitrogens with zero attached hydrogens (tertiary/aromatic N) is 2. The molecule has 2 aliphatic rings. The summed E-state index contributed by atoms with van der Waals surface area (Å²) in [6.45, 7) is 6.78. The Kier molecular flexibility index (Phi) is 4.19. The number of ether oxygens (including phenoxy) is 1. The number of allylic oxidation sites excluding steroid dienone is 1. The lowest BCUT2D eigenvalue weighted by Gasteiger charge is -2.21. The van der Waals surface area contributed by atoms with Crippen LogP contribution in [0.15, 0.2) is 27.9 Å². The number of carbonyl (C=O) groups excluding carboxylic acids is 1. The molecular weight excluding hydrogens is 264 g/mol. The fraction of sp³-hybridized carbons (Fsp3) is 0.538. The molecule has 6 heteroatoms. The second kappa shape index (κ2) is 5.69. The molecule has 19 heavy (non-hydrogen) atoms. The summed E-state index contributed by atoms with van der Waals surface area (Å²) in [4.78, 5) is 18.0. The van der Waals surface area contributed by atoms with E-state index in [4.69, 9.17) is 4.74 Å². The Morgan fingerprint density at radius 3 is 2.95 bits per heavy atom. The smallest absolute Gasteiger partial charge is 0.349 e. The second-order valence-corrected chi connectivity index (χ2v) is 5.81. The molecule has 0 amide bonds. The molecule has 0 bridgehead atoms. The van der Waals surface area contributed by atoms with E-state index in [9.17, 15) is 9.00 Å². The van der Waals surface area contributed by atoms with Gasteiger partial charge in [0, 0.05) is 18.4 Å². The number of hydrogen-bond acceptors (Lipinski definition) is 5. The Balaban J connectivity index is 2.21. The number of hydrogen-bond donors (Lipinski definition) is 0. The number of rotatable bonds is 4. The number of carbonyl (C=O) groups is 1. The van der Waals surface area contributed by atoms with Crippen LogP contribution in [0.2, 0.25) is 0 Å². The van der Waals surface area contributed by atoms with E-state index in [0.717, 1.165) is 12.1 Å². The average molecular weight is 282 g/mol. The molecule has 2 rings (SSSR count). The maximum absolute atomic E-state index is 12.3. The average Bonchev–Trinajstić information content (AvgIpc) is 2.75. The lowest BCUT2D eigenvalue weighted by Crippen LogP contribution is -2.28. The van der Waals surface area contributed by atoms with Crippen LogP contribution in [0.25, 0.3) is 0 Å². The molecule has 0 spiro atoms. The Labute approximate surface area is 115 Å². The predicted molar refractivity (Wildman–Crippen MR) is 74.5 cm³/mol. The van der Waals surface area contributed by atoms with Crippen LogP contribution in [0.1, 0.15) is 27.2 Å². The highest BCUT2D eigenvalue weighted by atomic mass is 32.2. The van der Waals surface area contributed by atoms with Crippen LogP contribution in [-0.4, -0.2) is 33.4 Å². The summed E-state index contributed by atoms with van der Waals surface area (Å²) in [5.74, 6) is -0.193. The highest BCUT2D eigenvalue weighted by Crippen LogP contribution is 2.27. The SMILES string of the molecule is CCOC(=O)C1=CN2CC=C(C(C)CC)N=C2S1=O. The molecule has 0 N–H and O–H groups in total. The molecule has 5 nitrogen and oxygen atoms in total. The van der Waals surface area contributed by atoms with Gasteiger partial charge in [0.1, 0.15) is 15.7 Å². The minimum Gasteiger partial charge on any atom is -0.462 e. The van der Waals surface area contributed by atoms with E-state index in [-0.39, 0.29) is 11.5 Å². The van der Waals surface area contributed by atoms with Gasteiger partial charge in [0.25, 0.3) is 0 Å². The van der Waals surface area contributed by atoms with E-state index in [1.807, 2.05) is 6.08 Å². The van der Waals surface area contributed by atoms with Crippen molar-refractivity contribution in [3.8, 4) is 0 Å². The van der Waals surface area contributed by atoms with E-state index >= 15 is 0 Å². The molecule has 2 heterocycles. The molecule has 0 aromatic heterocycles. The Morgan fingerprint density at radius 1 is 1.58 bits per heavy atom. The quantitative estimate of drug-likeness (QED) is 0.737. The molecule has 0 aromatic carbocycles. The topological polar surface area (TPSA) is 59.0 Å². The van der Waals surface area contributed by atoms with E-state index in [1.165, 1.54) is 0 Å². The lowest BCUT2D eigenvalue weighted by atomic mass is 10.0. The van der Waals surface area contributed by atoms with Gasteiger partial charge in [-0.25, -0.2) is 14.0 Å². The van der Waals surface area contributed by atoms with Gasteiger partial charge in [0.15, 0.2) is 0 Å². The van der Waals surface area contributed by atoms with Crippen molar-refractivity contribution in [2.45, 2.75) is 27.2 Å². The zero-order valence-corrected chi connectivity index (χ0v) is 12.2. The zero-order chi connectivity index (χ0) is 14.0. The first kappa shape index (κ1) is 14.0. The van der Waals surface area contributed by atoms with E-state index < -0.39 is 16.8 Å². The Hall–Kier alpha value is -1.43. The first-order chi connectivity index (χ1) is 9.08. The van der Waals surface area contributed by atoms with Gasteiger partial charge in [-0.3, -0.25) is 0 Å². The molecule has 2 atom stereocenters. The molecule has 0 radical (unpaired) electrons. The summed E-state index contributed by atoms with van der Waals surface area (Å²) >= 11 is 0. The first-order valence-electron chi connectivity index (χ1n) is 6.44. The van der Waals surface area contributed by atoms with Crippen molar-refractivity contribution in [1.82, 2.24) is 4.90 Å². The fourth-order valence-corrected chi connectivity index (χ4v) is 3.04. The van der Waals surface area contributed by atoms with Crippen LogP contribution in [0.5, 0.6) is 0 Å². The first-order valence-corrected chi connectivity index (χ1v) is 7.59. The van der Waals surface area contributed by atoms with Gasteiger partial charge < -0.3 is 9.64 Å². The van der Waals surface area contributed by atoms with Gasteiger partial charge in [-0.15, -0.1) is 0 Å². The monoisotopic (exact) mass is 282 g/mol. The van der Waals surface area contributed by atoms with Crippen LogP contribution < -0.4 is 0 Å². The van der Waals surface area contributed by atoms with E-state index in [1.54, 1.807) is 18.0 Å². The molecule has 0 saturated carbocycles. The van der Waals surface area contributed by atoms with Crippen LogP contribution >= 0.6 is 0 Å². The van der Waals surface area contributed by atoms with Gasteiger partial charge in [0.05, 0.1) is 6.61 Å². The highest BCUT2D eigenvalue weighted by Gasteiger charge is 2.35. The summed E-state index contributed by atoms with van der Waals surface area (Å²) in [6, 6.07) is 0.